The van der Waals surface area contributed by atoms with Gasteiger partial charge < -0.3 is 19.0 Å². The molecule has 1 atom stereocenters. The third kappa shape index (κ3) is 2.86. The summed E-state index contributed by atoms with van der Waals surface area (Å²) >= 11 is 3.33. The van der Waals surface area contributed by atoms with Crippen LogP contribution in [0.3, 0.4) is 0 Å². The topological polar surface area (TPSA) is 68.9 Å². The Morgan fingerprint density at radius 3 is 2.70 bits per heavy atom. The molecule has 0 bridgehead atoms. The largest absolute Gasteiger partial charge is 0.496 e. The first-order valence-electron chi connectivity index (χ1n) is 5.76. The molecule has 0 saturated heterocycles. The number of rotatable bonds is 4. The van der Waals surface area contributed by atoms with Crippen molar-refractivity contribution in [2.24, 2.45) is 0 Å². The number of carbonyl (C=O) groups is 1. The normalized spacial score (nSPS) is 12.0. The first kappa shape index (κ1) is 14.6. The number of aliphatic hydroxyl groups is 1. The molecule has 0 aliphatic carbocycles. The summed E-state index contributed by atoms with van der Waals surface area (Å²) in [5.74, 6) is 0.206. The summed E-state index contributed by atoms with van der Waals surface area (Å²) in [5, 5.41) is 10.3. The quantitative estimate of drug-likeness (QED) is 0.866. The lowest BCUT2D eigenvalue weighted by molar-refractivity contribution is 0.0558. The molecule has 1 unspecified atom stereocenters. The highest BCUT2D eigenvalue weighted by atomic mass is 79.9. The van der Waals surface area contributed by atoms with E-state index in [0.717, 1.165) is 4.47 Å². The molecule has 0 spiro atoms. The fourth-order valence-electron chi connectivity index (χ4n) is 1.77. The Bertz CT molecular complexity index is 620. The van der Waals surface area contributed by atoms with Crippen LogP contribution in [0.4, 0.5) is 0 Å². The summed E-state index contributed by atoms with van der Waals surface area (Å²) in [6.07, 6.45) is -1.03. The molecule has 0 aliphatic rings. The number of methoxy groups -OCH3 is 2. The van der Waals surface area contributed by atoms with Crippen LogP contribution in [0, 0.1) is 0 Å². The van der Waals surface area contributed by atoms with Crippen LogP contribution >= 0.6 is 15.9 Å². The van der Waals surface area contributed by atoms with Gasteiger partial charge in [0.15, 0.2) is 0 Å². The Hall–Kier alpha value is -1.79. The smallest absolute Gasteiger partial charge is 0.373 e. The van der Waals surface area contributed by atoms with E-state index in [2.05, 4.69) is 20.7 Å². The Morgan fingerprint density at radius 2 is 2.05 bits per heavy atom. The second kappa shape index (κ2) is 6.11. The van der Waals surface area contributed by atoms with Gasteiger partial charge in [0, 0.05) is 10.0 Å². The summed E-state index contributed by atoms with van der Waals surface area (Å²) in [4.78, 5) is 11.3. The zero-order valence-electron chi connectivity index (χ0n) is 10.9. The summed E-state index contributed by atoms with van der Waals surface area (Å²) in [6.45, 7) is 0. The summed E-state index contributed by atoms with van der Waals surface area (Å²) in [6, 6.07) is 8.22. The van der Waals surface area contributed by atoms with Gasteiger partial charge in [-0.15, -0.1) is 0 Å². The third-order valence-electron chi connectivity index (χ3n) is 2.77. The maximum Gasteiger partial charge on any atom is 0.373 e. The molecule has 1 heterocycles. The molecular formula is C14H13BrO5. The summed E-state index contributed by atoms with van der Waals surface area (Å²) in [7, 11) is 2.78. The van der Waals surface area contributed by atoms with Crippen molar-refractivity contribution in [3.8, 4) is 5.75 Å². The minimum atomic E-state index is -1.03. The van der Waals surface area contributed by atoms with Gasteiger partial charge in [0.05, 0.1) is 14.2 Å². The van der Waals surface area contributed by atoms with Gasteiger partial charge in [-0.25, -0.2) is 4.79 Å². The Morgan fingerprint density at radius 1 is 1.30 bits per heavy atom. The monoisotopic (exact) mass is 340 g/mol. The lowest BCUT2D eigenvalue weighted by Gasteiger charge is -2.13. The van der Waals surface area contributed by atoms with Gasteiger partial charge in [-0.05, 0) is 24.3 Å². The molecular weight excluding hydrogens is 328 g/mol. The van der Waals surface area contributed by atoms with Crippen LogP contribution in [0.5, 0.6) is 5.75 Å². The van der Waals surface area contributed by atoms with Crippen LogP contribution in [0.1, 0.15) is 28.0 Å². The number of aliphatic hydroxyl groups excluding tert-OH is 1. The van der Waals surface area contributed by atoms with Crippen LogP contribution in [-0.4, -0.2) is 25.3 Å². The second-order valence-electron chi connectivity index (χ2n) is 3.98. The molecule has 2 rings (SSSR count). The molecule has 5 nitrogen and oxygen atoms in total. The van der Waals surface area contributed by atoms with Gasteiger partial charge in [-0.3, -0.25) is 0 Å². The molecule has 1 aromatic carbocycles. The Kier molecular flexibility index (Phi) is 4.46. The van der Waals surface area contributed by atoms with Gasteiger partial charge >= 0.3 is 5.97 Å². The summed E-state index contributed by atoms with van der Waals surface area (Å²) in [5.41, 5.74) is 0.543. The Balaban J connectivity index is 2.33. The number of hydrogen-bond donors (Lipinski definition) is 1. The van der Waals surface area contributed by atoms with Gasteiger partial charge in [-0.2, -0.15) is 0 Å². The van der Waals surface area contributed by atoms with Gasteiger partial charge in [-0.1, -0.05) is 22.0 Å². The van der Waals surface area contributed by atoms with Crippen molar-refractivity contribution < 1.29 is 23.8 Å². The molecule has 6 heteroatoms. The van der Waals surface area contributed by atoms with Crippen LogP contribution < -0.4 is 4.74 Å². The zero-order valence-corrected chi connectivity index (χ0v) is 12.5. The van der Waals surface area contributed by atoms with E-state index in [4.69, 9.17) is 9.15 Å². The van der Waals surface area contributed by atoms with E-state index in [1.165, 1.54) is 26.4 Å². The molecule has 20 heavy (non-hydrogen) atoms. The molecule has 0 aliphatic heterocycles. The molecule has 1 N–H and O–H groups in total. The van der Waals surface area contributed by atoms with Crippen LogP contribution in [0.25, 0.3) is 0 Å². The highest BCUT2D eigenvalue weighted by Crippen LogP contribution is 2.33. The number of hydrogen-bond acceptors (Lipinski definition) is 5. The highest BCUT2D eigenvalue weighted by molar-refractivity contribution is 9.10. The number of ether oxygens (including phenoxy) is 2. The van der Waals surface area contributed by atoms with E-state index in [9.17, 15) is 9.90 Å². The van der Waals surface area contributed by atoms with Gasteiger partial charge in [0.25, 0.3) is 0 Å². The van der Waals surface area contributed by atoms with E-state index in [0.29, 0.717) is 11.3 Å². The number of esters is 1. The molecule has 0 saturated carbocycles. The molecule has 106 valence electrons. The van der Waals surface area contributed by atoms with Crippen LogP contribution in [0.2, 0.25) is 0 Å². The van der Waals surface area contributed by atoms with E-state index < -0.39 is 12.1 Å². The number of carbonyl (C=O) groups excluding carboxylic acids is 1. The zero-order chi connectivity index (χ0) is 14.7. The number of furan rings is 1. The first-order chi connectivity index (χ1) is 9.56. The average molecular weight is 341 g/mol. The van der Waals surface area contributed by atoms with E-state index >= 15 is 0 Å². The molecule has 2 aromatic rings. The van der Waals surface area contributed by atoms with E-state index in [-0.39, 0.29) is 11.5 Å². The van der Waals surface area contributed by atoms with Crippen LogP contribution in [0.15, 0.2) is 39.2 Å². The standard InChI is InChI=1S/C14H13BrO5/c1-18-12-7-8(15)3-4-9(12)13(16)10-5-6-11(20-10)14(17)19-2/h3-7,13,16H,1-2H3. The van der Waals surface area contributed by atoms with Crippen molar-refractivity contribution in [3.63, 3.8) is 0 Å². The van der Waals surface area contributed by atoms with E-state index in [1.54, 1.807) is 18.2 Å². The van der Waals surface area contributed by atoms with Crippen LogP contribution in [-0.2, 0) is 4.74 Å². The van der Waals surface area contributed by atoms with Gasteiger partial charge in [0.1, 0.15) is 17.6 Å². The molecule has 0 amide bonds. The van der Waals surface area contributed by atoms with Gasteiger partial charge in [0.2, 0.25) is 5.76 Å². The van der Waals surface area contributed by atoms with Crippen molar-refractivity contribution in [2.75, 3.05) is 14.2 Å². The van der Waals surface area contributed by atoms with E-state index in [1.807, 2.05) is 0 Å². The number of halogens is 1. The first-order valence-corrected chi connectivity index (χ1v) is 6.55. The fraction of sp³-hybridized carbons (Fsp3) is 0.214. The second-order valence-corrected chi connectivity index (χ2v) is 4.90. The van der Waals surface area contributed by atoms with Crippen molar-refractivity contribution in [3.05, 3.63) is 51.9 Å². The van der Waals surface area contributed by atoms with Crippen molar-refractivity contribution >= 4 is 21.9 Å². The maximum atomic E-state index is 11.3. The SMILES string of the molecule is COC(=O)c1ccc(C(O)c2ccc(Br)cc2OC)o1. The lowest BCUT2D eigenvalue weighted by Crippen LogP contribution is -2.02. The van der Waals surface area contributed by atoms with Crippen molar-refractivity contribution in [2.45, 2.75) is 6.10 Å². The predicted octanol–water partition coefficient (Wildman–Crippen LogP) is 2.92. The molecule has 1 aromatic heterocycles. The maximum absolute atomic E-state index is 11.3. The fourth-order valence-corrected chi connectivity index (χ4v) is 2.11. The molecule has 0 radical (unpaired) electrons. The Labute approximate surface area is 124 Å². The number of benzene rings is 1. The average Bonchev–Trinajstić information content (AvgIpc) is 2.95. The predicted molar refractivity (Wildman–Crippen MR) is 74.8 cm³/mol. The van der Waals surface area contributed by atoms with Crippen molar-refractivity contribution in [1.29, 1.82) is 0 Å². The molecule has 0 fully saturated rings. The minimum Gasteiger partial charge on any atom is -0.496 e. The third-order valence-corrected chi connectivity index (χ3v) is 3.27. The highest BCUT2D eigenvalue weighted by Gasteiger charge is 2.21. The lowest BCUT2D eigenvalue weighted by atomic mass is 10.1. The van der Waals surface area contributed by atoms with Crippen molar-refractivity contribution in [1.82, 2.24) is 0 Å². The summed E-state index contributed by atoms with van der Waals surface area (Å²) < 4.78 is 15.9. The minimum absolute atomic E-state index is 0.0395.